The van der Waals surface area contributed by atoms with Gasteiger partial charge in [-0.15, -0.1) is 0 Å². The maximum absolute atomic E-state index is 9.81. The van der Waals surface area contributed by atoms with Crippen molar-refractivity contribution >= 4 is 10.8 Å². The Morgan fingerprint density at radius 1 is 1.13 bits per heavy atom. The smallest absolute Gasteiger partial charge is 0.123 e. The van der Waals surface area contributed by atoms with Crippen molar-refractivity contribution in [3.63, 3.8) is 0 Å². The van der Waals surface area contributed by atoms with Gasteiger partial charge in [0.25, 0.3) is 0 Å². The lowest BCUT2D eigenvalue weighted by atomic mass is 9.95. The number of aliphatic hydroxyl groups excluding tert-OH is 1. The third-order valence-electron chi connectivity index (χ3n) is 2.72. The third kappa shape index (κ3) is 1.68. The molecule has 0 aliphatic rings. The van der Waals surface area contributed by atoms with Crippen LogP contribution in [0.2, 0.25) is 0 Å². The van der Waals surface area contributed by atoms with Gasteiger partial charge in [-0.25, -0.2) is 0 Å². The van der Waals surface area contributed by atoms with E-state index in [9.17, 15) is 5.11 Å². The Morgan fingerprint density at radius 3 is 2.47 bits per heavy atom. The molecule has 0 saturated carbocycles. The molecule has 2 aromatic rings. The number of aromatic hydroxyl groups is 1. The molecule has 2 N–H and O–H groups in total. The Kier molecular flexibility index (Phi) is 2.60. The Labute approximate surface area is 88.8 Å². The number of aliphatic hydroxyl groups is 1. The number of hydrogen-bond donors (Lipinski definition) is 2. The molecular weight excluding hydrogens is 188 g/mol. The fraction of sp³-hybridized carbons (Fsp3) is 0.231. The summed E-state index contributed by atoms with van der Waals surface area (Å²) in [6.45, 7) is 2.04. The van der Waals surface area contributed by atoms with Crippen LogP contribution in [0, 0.1) is 0 Å². The first-order chi connectivity index (χ1) is 7.24. The minimum absolute atomic E-state index is 0.0435. The first-order valence-corrected chi connectivity index (χ1v) is 5.05. The molecule has 0 spiro atoms. The molecule has 0 bridgehead atoms. The molecule has 0 aromatic heterocycles. The molecule has 0 aliphatic heterocycles. The van der Waals surface area contributed by atoms with Crippen LogP contribution < -0.4 is 0 Å². The van der Waals surface area contributed by atoms with E-state index in [1.54, 1.807) is 6.07 Å². The molecule has 1 atom stereocenters. The fourth-order valence-electron chi connectivity index (χ4n) is 1.86. The predicted molar refractivity (Wildman–Crippen MR) is 61.1 cm³/mol. The summed E-state index contributed by atoms with van der Waals surface area (Å²) >= 11 is 0. The Bertz CT molecular complexity index is 472. The normalized spacial score (nSPS) is 12.9. The maximum Gasteiger partial charge on any atom is 0.123 e. The molecule has 0 aliphatic carbocycles. The van der Waals surface area contributed by atoms with Gasteiger partial charge in [-0.2, -0.15) is 0 Å². The van der Waals surface area contributed by atoms with Crippen LogP contribution >= 0.6 is 0 Å². The summed E-state index contributed by atoms with van der Waals surface area (Å²) in [6, 6.07) is 11.3. The van der Waals surface area contributed by atoms with E-state index in [-0.39, 0.29) is 18.3 Å². The molecule has 0 radical (unpaired) electrons. The van der Waals surface area contributed by atoms with Crippen LogP contribution in [0.15, 0.2) is 36.4 Å². The predicted octanol–water partition coefficient (Wildman–Crippen LogP) is 2.64. The highest BCUT2D eigenvalue weighted by Gasteiger charge is 2.10. The summed E-state index contributed by atoms with van der Waals surface area (Å²) in [5.74, 6) is 0.324. The summed E-state index contributed by atoms with van der Waals surface area (Å²) in [5, 5.41) is 20.8. The van der Waals surface area contributed by atoms with Gasteiger partial charge >= 0.3 is 0 Å². The van der Waals surface area contributed by atoms with E-state index in [1.165, 1.54) is 0 Å². The molecule has 0 heterocycles. The quantitative estimate of drug-likeness (QED) is 0.786. The molecule has 0 saturated heterocycles. The van der Waals surface area contributed by atoms with Crippen molar-refractivity contribution in [3.8, 4) is 5.75 Å². The second-order valence-corrected chi connectivity index (χ2v) is 3.81. The highest BCUT2D eigenvalue weighted by atomic mass is 16.3. The number of benzene rings is 2. The number of phenols is 1. The molecule has 0 fully saturated rings. The second kappa shape index (κ2) is 3.91. The van der Waals surface area contributed by atoms with Gasteiger partial charge in [0, 0.05) is 17.9 Å². The van der Waals surface area contributed by atoms with E-state index >= 15 is 0 Å². The topological polar surface area (TPSA) is 40.5 Å². The minimum atomic E-state index is 0.0435. The SMILES string of the molecule is CC(CO)c1cccc2cccc(O)c12. The van der Waals surface area contributed by atoms with E-state index in [1.807, 2.05) is 37.3 Å². The fourth-order valence-corrected chi connectivity index (χ4v) is 1.86. The summed E-state index contributed by atoms with van der Waals surface area (Å²) in [4.78, 5) is 0. The van der Waals surface area contributed by atoms with Crippen molar-refractivity contribution in [2.75, 3.05) is 6.61 Å². The van der Waals surface area contributed by atoms with Gasteiger partial charge < -0.3 is 10.2 Å². The van der Waals surface area contributed by atoms with Gasteiger partial charge in [-0.3, -0.25) is 0 Å². The first-order valence-electron chi connectivity index (χ1n) is 5.05. The van der Waals surface area contributed by atoms with E-state index in [0.29, 0.717) is 0 Å². The van der Waals surface area contributed by atoms with Crippen LogP contribution in [-0.4, -0.2) is 16.8 Å². The molecule has 0 amide bonds. The summed E-state index contributed by atoms with van der Waals surface area (Å²) in [7, 11) is 0. The highest BCUT2D eigenvalue weighted by molar-refractivity contribution is 5.91. The van der Waals surface area contributed by atoms with E-state index in [4.69, 9.17) is 5.11 Å². The lowest BCUT2D eigenvalue weighted by Crippen LogP contribution is -1.99. The van der Waals surface area contributed by atoms with Crippen LogP contribution in [0.4, 0.5) is 0 Å². The molecule has 1 unspecified atom stereocenters. The second-order valence-electron chi connectivity index (χ2n) is 3.81. The van der Waals surface area contributed by atoms with Crippen LogP contribution in [0.1, 0.15) is 18.4 Å². The summed E-state index contributed by atoms with van der Waals surface area (Å²) in [6.07, 6.45) is 0. The zero-order valence-corrected chi connectivity index (χ0v) is 8.64. The molecule has 2 heteroatoms. The zero-order chi connectivity index (χ0) is 10.8. The van der Waals surface area contributed by atoms with Gasteiger partial charge in [0.05, 0.1) is 0 Å². The average molecular weight is 202 g/mol. The molecule has 2 aromatic carbocycles. The molecule has 78 valence electrons. The monoisotopic (exact) mass is 202 g/mol. The number of phenolic OH excluding ortho intramolecular Hbond substituents is 1. The molecule has 2 nitrogen and oxygen atoms in total. The standard InChI is InChI=1S/C13H14O2/c1-9(8-14)11-6-2-4-10-5-3-7-12(15)13(10)11/h2-7,9,14-15H,8H2,1H3. The van der Waals surface area contributed by atoms with Crippen molar-refractivity contribution in [1.82, 2.24) is 0 Å². The zero-order valence-electron chi connectivity index (χ0n) is 8.64. The van der Waals surface area contributed by atoms with Gasteiger partial charge in [0.15, 0.2) is 0 Å². The van der Waals surface area contributed by atoms with Crippen molar-refractivity contribution in [1.29, 1.82) is 0 Å². The van der Waals surface area contributed by atoms with Crippen molar-refractivity contribution in [2.24, 2.45) is 0 Å². The number of rotatable bonds is 2. The highest BCUT2D eigenvalue weighted by Crippen LogP contribution is 2.31. The summed E-state index contributed by atoms with van der Waals surface area (Å²) in [5.41, 5.74) is 0.994. The van der Waals surface area contributed by atoms with Crippen LogP contribution in [-0.2, 0) is 0 Å². The van der Waals surface area contributed by atoms with E-state index in [0.717, 1.165) is 16.3 Å². The number of fused-ring (bicyclic) bond motifs is 1. The molecule has 15 heavy (non-hydrogen) atoms. The van der Waals surface area contributed by atoms with Crippen LogP contribution in [0.25, 0.3) is 10.8 Å². The van der Waals surface area contributed by atoms with Gasteiger partial charge in [0.1, 0.15) is 5.75 Å². The van der Waals surface area contributed by atoms with Crippen molar-refractivity contribution in [3.05, 3.63) is 42.0 Å². The van der Waals surface area contributed by atoms with Gasteiger partial charge in [-0.05, 0) is 17.0 Å². The average Bonchev–Trinajstić information content (AvgIpc) is 2.28. The van der Waals surface area contributed by atoms with Gasteiger partial charge in [0.2, 0.25) is 0 Å². The lowest BCUT2D eigenvalue weighted by Gasteiger charge is -2.12. The maximum atomic E-state index is 9.81. The van der Waals surface area contributed by atoms with Crippen LogP contribution in [0.3, 0.4) is 0 Å². The summed E-state index contributed by atoms with van der Waals surface area (Å²) < 4.78 is 0. The Hall–Kier alpha value is -1.54. The largest absolute Gasteiger partial charge is 0.507 e. The van der Waals surface area contributed by atoms with E-state index < -0.39 is 0 Å². The minimum Gasteiger partial charge on any atom is -0.507 e. The third-order valence-corrected chi connectivity index (χ3v) is 2.72. The number of hydrogen-bond acceptors (Lipinski definition) is 2. The van der Waals surface area contributed by atoms with Crippen molar-refractivity contribution < 1.29 is 10.2 Å². The van der Waals surface area contributed by atoms with Gasteiger partial charge in [-0.1, -0.05) is 37.3 Å². The molecule has 2 rings (SSSR count). The van der Waals surface area contributed by atoms with E-state index in [2.05, 4.69) is 0 Å². The lowest BCUT2D eigenvalue weighted by molar-refractivity contribution is 0.273. The first kappa shape index (κ1) is 9.99. The van der Waals surface area contributed by atoms with Crippen LogP contribution in [0.5, 0.6) is 5.75 Å². The molecular formula is C13H14O2. The Balaban J connectivity index is 2.74. The Morgan fingerprint density at radius 2 is 1.80 bits per heavy atom. The van der Waals surface area contributed by atoms with Crippen molar-refractivity contribution in [2.45, 2.75) is 12.8 Å².